The summed E-state index contributed by atoms with van der Waals surface area (Å²) < 4.78 is 0. The fourth-order valence-corrected chi connectivity index (χ4v) is 1.65. The maximum atomic E-state index is 3.32. The van der Waals surface area contributed by atoms with E-state index >= 15 is 0 Å². The van der Waals surface area contributed by atoms with Gasteiger partial charge in [0, 0.05) is 6.54 Å². The average molecular weight is 209 g/mol. The second kappa shape index (κ2) is 5.18. The smallest absolute Gasteiger partial charge is 0.0140 e. The van der Waals surface area contributed by atoms with Gasteiger partial charge in [-0.25, -0.2) is 0 Å². The highest BCUT2D eigenvalue weighted by Gasteiger charge is 2.04. The van der Waals surface area contributed by atoms with Crippen LogP contribution in [0.25, 0.3) is 5.57 Å². The van der Waals surface area contributed by atoms with Crippen molar-refractivity contribution >= 4 is 5.57 Å². The summed E-state index contributed by atoms with van der Waals surface area (Å²) in [7, 11) is 0. The Morgan fingerprint density at radius 3 is 2.43 bits per heavy atom. The van der Waals surface area contributed by atoms with Crippen LogP contribution in [0.4, 0.5) is 0 Å². The van der Waals surface area contributed by atoms with Crippen LogP contribution in [0, 0.1) is 6.92 Å². The van der Waals surface area contributed by atoms with Crippen molar-refractivity contribution in [3.8, 4) is 0 Å². The zero-order chi connectivity index (χ0) is 9.10. The van der Waals surface area contributed by atoms with Crippen LogP contribution in [0.3, 0.4) is 0 Å². The zero-order valence-corrected chi connectivity index (χ0v) is 9.14. The molecule has 0 fully saturated rings. The standard InChI is InChI=1S/C12H15N.ClH/c1-10-2-4-11(5-3-10)12-6-8-13-9-7-12;/h2-6,13H,7-9H2,1H3;1H/p-1. The van der Waals surface area contributed by atoms with E-state index in [0.29, 0.717) is 0 Å². The zero-order valence-electron chi connectivity index (χ0n) is 8.39. The van der Waals surface area contributed by atoms with Crippen LogP contribution < -0.4 is 17.7 Å². The van der Waals surface area contributed by atoms with Gasteiger partial charge in [0.25, 0.3) is 0 Å². The van der Waals surface area contributed by atoms with Gasteiger partial charge in [0.1, 0.15) is 0 Å². The van der Waals surface area contributed by atoms with Crippen molar-refractivity contribution in [1.29, 1.82) is 0 Å². The number of hydrogen-bond acceptors (Lipinski definition) is 1. The molecule has 0 radical (unpaired) electrons. The van der Waals surface area contributed by atoms with Crippen molar-refractivity contribution in [3.63, 3.8) is 0 Å². The Balaban J connectivity index is 0.000000980. The molecule has 0 saturated carbocycles. The molecule has 0 atom stereocenters. The summed E-state index contributed by atoms with van der Waals surface area (Å²) in [4.78, 5) is 0. The molecule has 1 aromatic carbocycles. The summed E-state index contributed by atoms with van der Waals surface area (Å²) in [5.41, 5.74) is 4.20. The van der Waals surface area contributed by atoms with E-state index in [1.165, 1.54) is 16.7 Å². The molecule has 0 aliphatic carbocycles. The van der Waals surface area contributed by atoms with Gasteiger partial charge in [0.2, 0.25) is 0 Å². The quantitative estimate of drug-likeness (QED) is 0.649. The summed E-state index contributed by atoms with van der Waals surface area (Å²) in [6.07, 6.45) is 3.44. The summed E-state index contributed by atoms with van der Waals surface area (Å²) in [5.74, 6) is 0. The Kier molecular flexibility index (Phi) is 4.18. The molecule has 0 saturated heterocycles. The van der Waals surface area contributed by atoms with Crippen molar-refractivity contribution in [3.05, 3.63) is 41.5 Å². The van der Waals surface area contributed by atoms with E-state index in [2.05, 4.69) is 42.6 Å². The molecule has 0 spiro atoms. The van der Waals surface area contributed by atoms with E-state index in [0.717, 1.165) is 19.5 Å². The Hall–Kier alpha value is -0.790. The van der Waals surface area contributed by atoms with Gasteiger partial charge in [-0.2, -0.15) is 0 Å². The SMILES string of the molecule is Cc1ccc(C2=CCNCC2)cc1.[Cl-]. The van der Waals surface area contributed by atoms with Gasteiger partial charge in [-0.05, 0) is 31.0 Å². The third-order valence-corrected chi connectivity index (χ3v) is 2.49. The first-order valence-corrected chi connectivity index (χ1v) is 4.83. The van der Waals surface area contributed by atoms with Gasteiger partial charge < -0.3 is 17.7 Å². The first-order chi connectivity index (χ1) is 6.36. The number of halogens is 1. The predicted octanol–water partition coefficient (Wildman–Crippen LogP) is -0.624. The lowest BCUT2D eigenvalue weighted by Gasteiger charge is -2.14. The largest absolute Gasteiger partial charge is 1.00 e. The minimum atomic E-state index is 0. The molecule has 1 aromatic rings. The number of nitrogens with one attached hydrogen (secondary N) is 1. The average Bonchev–Trinajstić information content (AvgIpc) is 2.20. The lowest BCUT2D eigenvalue weighted by Crippen LogP contribution is -3.00. The molecular formula is C12H15ClN-. The van der Waals surface area contributed by atoms with Crippen LogP contribution >= 0.6 is 0 Å². The second-order valence-electron chi connectivity index (χ2n) is 3.55. The van der Waals surface area contributed by atoms with Crippen LogP contribution in [-0.4, -0.2) is 13.1 Å². The molecular weight excluding hydrogens is 194 g/mol. The Labute approximate surface area is 91.6 Å². The molecule has 0 bridgehead atoms. The molecule has 1 aliphatic heterocycles. The van der Waals surface area contributed by atoms with Gasteiger partial charge >= 0.3 is 0 Å². The maximum absolute atomic E-state index is 3.32. The molecule has 14 heavy (non-hydrogen) atoms. The highest BCUT2D eigenvalue weighted by Crippen LogP contribution is 2.19. The van der Waals surface area contributed by atoms with E-state index in [-0.39, 0.29) is 12.4 Å². The number of aryl methyl sites for hydroxylation is 1. The van der Waals surface area contributed by atoms with Gasteiger partial charge in [-0.3, -0.25) is 0 Å². The molecule has 1 nitrogen and oxygen atoms in total. The highest BCUT2D eigenvalue weighted by molar-refractivity contribution is 5.66. The fraction of sp³-hybridized carbons (Fsp3) is 0.333. The second-order valence-corrected chi connectivity index (χ2v) is 3.55. The molecule has 1 N–H and O–H groups in total. The van der Waals surface area contributed by atoms with Crippen molar-refractivity contribution in [2.24, 2.45) is 0 Å². The van der Waals surface area contributed by atoms with Gasteiger partial charge in [-0.1, -0.05) is 35.9 Å². The molecule has 2 heteroatoms. The normalized spacial score (nSPS) is 15.6. The minimum Gasteiger partial charge on any atom is -1.00 e. The predicted molar refractivity (Wildman–Crippen MR) is 56.6 cm³/mol. The van der Waals surface area contributed by atoms with E-state index < -0.39 is 0 Å². The molecule has 1 heterocycles. The monoisotopic (exact) mass is 208 g/mol. The van der Waals surface area contributed by atoms with E-state index in [9.17, 15) is 0 Å². The van der Waals surface area contributed by atoms with Crippen molar-refractivity contribution < 1.29 is 12.4 Å². The Bertz CT molecular complexity index is 314. The topological polar surface area (TPSA) is 12.0 Å². The Morgan fingerprint density at radius 2 is 1.86 bits per heavy atom. The fourth-order valence-electron chi connectivity index (χ4n) is 1.65. The molecule has 2 rings (SSSR count). The lowest BCUT2D eigenvalue weighted by molar-refractivity contribution is -0.00000271. The summed E-state index contributed by atoms with van der Waals surface area (Å²) in [6, 6.07) is 8.79. The van der Waals surface area contributed by atoms with E-state index in [1.54, 1.807) is 0 Å². The molecule has 0 aromatic heterocycles. The summed E-state index contributed by atoms with van der Waals surface area (Å²) in [6.45, 7) is 4.25. The van der Waals surface area contributed by atoms with Gasteiger partial charge in [0.05, 0.1) is 0 Å². The van der Waals surface area contributed by atoms with Crippen molar-refractivity contribution in [2.75, 3.05) is 13.1 Å². The minimum absolute atomic E-state index is 0. The lowest BCUT2D eigenvalue weighted by atomic mass is 9.99. The first kappa shape index (κ1) is 11.3. The number of rotatable bonds is 1. The Morgan fingerprint density at radius 1 is 1.14 bits per heavy atom. The van der Waals surface area contributed by atoms with E-state index in [1.807, 2.05) is 0 Å². The number of benzene rings is 1. The third-order valence-electron chi connectivity index (χ3n) is 2.49. The van der Waals surface area contributed by atoms with Crippen molar-refractivity contribution in [2.45, 2.75) is 13.3 Å². The summed E-state index contributed by atoms with van der Waals surface area (Å²) in [5, 5.41) is 3.32. The molecule has 0 unspecified atom stereocenters. The van der Waals surface area contributed by atoms with E-state index in [4.69, 9.17) is 0 Å². The third kappa shape index (κ3) is 2.60. The van der Waals surface area contributed by atoms with Gasteiger partial charge in [0.15, 0.2) is 0 Å². The van der Waals surface area contributed by atoms with Crippen LogP contribution in [0.2, 0.25) is 0 Å². The molecule has 1 aliphatic rings. The van der Waals surface area contributed by atoms with Gasteiger partial charge in [-0.15, -0.1) is 0 Å². The van der Waals surface area contributed by atoms with Crippen LogP contribution in [0.15, 0.2) is 30.3 Å². The van der Waals surface area contributed by atoms with Crippen molar-refractivity contribution in [1.82, 2.24) is 5.32 Å². The van der Waals surface area contributed by atoms with Crippen LogP contribution in [0.5, 0.6) is 0 Å². The maximum Gasteiger partial charge on any atom is 0.0140 e. The van der Waals surface area contributed by atoms with Crippen LogP contribution in [0.1, 0.15) is 17.5 Å². The highest BCUT2D eigenvalue weighted by atomic mass is 35.5. The molecule has 0 amide bonds. The molecule has 76 valence electrons. The first-order valence-electron chi connectivity index (χ1n) is 4.83. The summed E-state index contributed by atoms with van der Waals surface area (Å²) >= 11 is 0. The number of hydrogen-bond donors (Lipinski definition) is 1. The van der Waals surface area contributed by atoms with Crippen LogP contribution in [-0.2, 0) is 0 Å².